The lowest BCUT2D eigenvalue weighted by Crippen LogP contribution is -2.42. The number of alkyl halides is 3. The third-order valence-electron chi connectivity index (χ3n) is 4.65. The van der Waals surface area contributed by atoms with Crippen LogP contribution in [0.2, 0.25) is 0 Å². The molecule has 1 amide bonds. The van der Waals surface area contributed by atoms with Crippen molar-refractivity contribution in [1.29, 1.82) is 0 Å². The number of halogens is 3. The quantitative estimate of drug-likeness (QED) is 0.766. The molecule has 27 heavy (non-hydrogen) atoms. The second-order valence-electron chi connectivity index (χ2n) is 6.17. The molecule has 0 saturated carbocycles. The predicted octanol–water partition coefficient (Wildman–Crippen LogP) is 3.51. The summed E-state index contributed by atoms with van der Waals surface area (Å²) in [5.41, 5.74) is -1.75. The lowest BCUT2D eigenvalue weighted by molar-refractivity contribution is -0.149. The Hall–Kier alpha value is -2.84. The molecule has 0 atom stereocenters. The van der Waals surface area contributed by atoms with Gasteiger partial charge in [-0.1, -0.05) is 19.9 Å². The van der Waals surface area contributed by atoms with Gasteiger partial charge in [0.25, 0.3) is 5.91 Å². The highest BCUT2D eigenvalue weighted by atomic mass is 19.4. The maximum Gasteiger partial charge on any atom is 0.416 e. The number of aromatic nitrogens is 2. The van der Waals surface area contributed by atoms with Crippen molar-refractivity contribution in [2.45, 2.75) is 32.9 Å². The van der Waals surface area contributed by atoms with E-state index in [1.165, 1.54) is 24.4 Å². The van der Waals surface area contributed by atoms with Gasteiger partial charge in [0, 0.05) is 12.7 Å². The summed E-state index contributed by atoms with van der Waals surface area (Å²) in [7, 11) is 0. The number of benzene rings is 1. The molecule has 0 fully saturated rings. The van der Waals surface area contributed by atoms with Gasteiger partial charge in [-0.05, 0) is 37.1 Å². The number of carbonyl (C=O) groups excluding carboxylic acids is 1. The number of hydrogen-bond donors (Lipinski definition) is 2. The van der Waals surface area contributed by atoms with Gasteiger partial charge in [-0.3, -0.25) is 9.59 Å². The number of aliphatic carboxylic acids is 1. The number of carboxylic acid groups (broad SMARTS) is 1. The molecular weight excluding hydrogens is 363 g/mol. The van der Waals surface area contributed by atoms with Gasteiger partial charge in [0.15, 0.2) is 5.69 Å². The molecule has 1 aromatic heterocycles. The maximum atomic E-state index is 12.8. The number of hydrogen-bond acceptors (Lipinski definition) is 3. The summed E-state index contributed by atoms with van der Waals surface area (Å²) in [6.07, 6.45) is -2.42. The van der Waals surface area contributed by atoms with Gasteiger partial charge in [0.2, 0.25) is 0 Å². The second kappa shape index (κ2) is 7.81. The molecule has 9 heteroatoms. The second-order valence-corrected chi connectivity index (χ2v) is 6.17. The highest BCUT2D eigenvalue weighted by Gasteiger charge is 2.35. The van der Waals surface area contributed by atoms with Crippen LogP contribution < -0.4 is 5.32 Å². The van der Waals surface area contributed by atoms with Crippen LogP contribution >= 0.6 is 0 Å². The number of rotatable bonds is 7. The van der Waals surface area contributed by atoms with Gasteiger partial charge in [0.05, 0.1) is 16.7 Å². The van der Waals surface area contributed by atoms with E-state index >= 15 is 0 Å². The van der Waals surface area contributed by atoms with E-state index in [9.17, 15) is 27.9 Å². The largest absolute Gasteiger partial charge is 0.481 e. The van der Waals surface area contributed by atoms with Crippen LogP contribution in [-0.2, 0) is 11.0 Å². The molecule has 2 N–H and O–H groups in total. The molecule has 146 valence electrons. The lowest BCUT2D eigenvalue weighted by Gasteiger charge is -2.26. The van der Waals surface area contributed by atoms with Crippen LogP contribution in [0.4, 0.5) is 13.2 Å². The van der Waals surface area contributed by atoms with Crippen molar-refractivity contribution in [1.82, 2.24) is 15.1 Å². The summed E-state index contributed by atoms with van der Waals surface area (Å²) in [5.74, 6) is -1.59. The number of amides is 1. The lowest BCUT2D eigenvalue weighted by atomic mass is 9.82. The zero-order valence-corrected chi connectivity index (χ0v) is 14.9. The Morgan fingerprint density at radius 1 is 1.19 bits per heavy atom. The van der Waals surface area contributed by atoms with Gasteiger partial charge in [-0.25, -0.2) is 4.68 Å². The monoisotopic (exact) mass is 383 g/mol. The number of nitrogens with zero attached hydrogens (tertiary/aromatic N) is 2. The predicted molar refractivity (Wildman–Crippen MR) is 91.6 cm³/mol. The van der Waals surface area contributed by atoms with Crippen LogP contribution in [0.1, 0.15) is 42.7 Å². The summed E-state index contributed by atoms with van der Waals surface area (Å²) in [5, 5.41) is 15.9. The Balaban J connectivity index is 2.16. The molecule has 0 saturated heterocycles. The molecule has 0 spiro atoms. The molecule has 0 aliphatic rings. The average molecular weight is 383 g/mol. The van der Waals surface area contributed by atoms with Crippen LogP contribution in [0.5, 0.6) is 0 Å². The third kappa shape index (κ3) is 4.47. The van der Waals surface area contributed by atoms with E-state index in [1.54, 1.807) is 13.8 Å². The fraction of sp³-hybridized carbons (Fsp3) is 0.389. The van der Waals surface area contributed by atoms with Crippen LogP contribution in [-0.4, -0.2) is 33.3 Å². The minimum Gasteiger partial charge on any atom is -0.481 e. The van der Waals surface area contributed by atoms with E-state index in [4.69, 9.17) is 0 Å². The van der Waals surface area contributed by atoms with Gasteiger partial charge < -0.3 is 10.4 Å². The fourth-order valence-corrected chi connectivity index (χ4v) is 2.63. The van der Waals surface area contributed by atoms with Crippen LogP contribution in [0.15, 0.2) is 36.5 Å². The van der Waals surface area contributed by atoms with Crippen LogP contribution in [0.3, 0.4) is 0 Å². The first kappa shape index (κ1) is 20.5. The van der Waals surface area contributed by atoms with Crippen molar-refractivity contribution in [3.8, 4) is 5.69 Å². The Morgan fingerprint density at radius 3 is 2.41 bits per heavy atom. The molecule has 0 aliphatic heterocycles. The Kier molecular flexibility index (Phi) is 5.92. The standard InChI is InChI=1S/C18H20F3N3O3/c1-3-17(4-2,16(26)27)11-22-15(25)14-8-9-24(23-14)13-7-5-6-12(10-13)18(19,20)21/h5-10H,3-4,11H2,1-2H3,(H,22,25)(H,26,27). The van der Waals surface area contributed by atoms with Gasteiger partial charge in [0.1, 0.15) is 0 Å². The average Bonchev–Trinajstić information content (AvgIpc) is 3.12. The molecule has 2 aromatic rings. The number of carboxylic acids is 1. The highest BCUT2D eigenvalue weighted by molar-refractivity contribution is 5.92. The summed E-state index contributed by atoms with van der Waals surface area (Å²) in [4.78, 5) is 23.7. The SMILES string of the molecule is CCC(CC)(CNC(=O)c1ccn(-c2cccc(C(F)(F)F)c2)n1)C(=O)O. The fourth-order valence-electron chi connectivity index (χ4n) is 2.63. The zero-order chi connectivity index (χ0) is 20.2. The highest BCUT2D eigenvalue weighted by Crippen LogP contribution is 2.30. The van der Waals surface area contributed by atoms with E-state index < -0.39 is 29.0 Å². The van der Waals surface area contributed by atoms with Crippen LogP contribution in [0, 0.1) is 5.41 Å². The molecule has 0 unspecified atom stereocenters. The molecular formula is C18H20F3N3O3. The number of nitrogens with one attached hydrogen (secondary N) is 1. The van der Waals surface area contributed by atoms with Crippen molar-refractivity contribution in [2.24, 2.45) is 5.41 Å². The minimum atomic E-state index is -4.48. The smallest absolute Gasteiger partial charge is 0.416 e. The Bertz CT molecular complexity index is 826. The Labute approximate surface area is 154 Å². The first-order chi connectivity index (χ1) is 12.6. The van der Waals surface area contributed by atoms with Gasteiger partial charge in [-0.15, -0.1) is 0 Å². The summed E-state index contributed by atoms with van der Waals surface area (Å²) < 4.78 is 39.6. The molecule has 0 aliphatic carbocycles. The minimum absolute atomic E-state index is 0.0149. The summed E-state index contributed by atoms with van der Waals surface area (Å²) >= 11 is 0. The number of carbonyl (C=O) groups is 2. The molecule has 1 aromatic carbocycles. The molecule has 1 heterocycles. The Morgan fingerprint density at radius 2 is 1.85 bits per heavy atom. The zero-order valence-electron chi connectivity index (χ0n) is 14.9. The maximum absolute atomic E-state index is 12.8. The van der Waals surface area contributed by atoms with Crippen molar-refractivity contribution < 1.29 is 27.9 Å². The van der Waals surface area contributed by atoms with E-state index in [0.29, 0.717) is 12.8 Å². The molecule has 0 radical (unpaired) electrons. The van der Waals surface area contributed by atoms with E-state index in [1.807, 2.05) is 0 Å². The summed E-state index contributed by atoms with van der Waals surface area (Å²) in [6.45, 7) is 3.39. The first-order valence-corrected chi connectivity index (χ1v) is 8.38. The van der Waals surface area contributed by atoms with Gasteiger partial charge >= 0.3 is 12.1 Å². The summed E-state index contributed by atoms with van der Waals surface area (Å²) in [6, 6.07) is 5.92. The van der Waals surface area contributed by atoms with Crippen molar-refractivity contribution in [2.75, 3.05) is 6.54 Å². The van der Waals surface area contributed by atoms with E-state index in [-0.39, 0.29) is 17.9 Å². The van der Waals surface area contributed by atoms with E-state index in [0.717, 1.165) is 16.8 Å². The normalized spacial score (nSPS) is 12.0. The topological polar surface area (TPSA) is 84.2 Å². The van der Waals surface area contributed by atoms with Crippen molar-refractivity contribution in [3.05, 3.63) is 47.8 Å². The molecule has 6 nitrogen and oxygen atoms in total. The first-order valence-electron chi connectivity index (χ1n) is 8.38. The van der Waals surface area contributed by atoms with Crippen molar-refractivity contribution in [3.63, 3.8) is 0 Å². The van der Waals surface area contributed by atoms with Gasteiger partial charge in [-0.2, -0.15) is 18.3 Å². The molecule has 2 rings (SSSR count). The third-order valence-corrected chi connectivity index (χ3v) is 4.65. The van der Waals surface area contributed by atoms with E-state index in [2.05, 4.69) is 10.4 Å². The van der Waals surface area contributed by atoms with Crippen molar-refractivity contribution >= 4 is 11.9 Å². The van der Waals surface area contributed by atoms with Crippen LogP contribution in [0.25, 0.3) is 5.69 Å². The molecule has 0 bridgehead atoms.